The molecule has 0 saturated carbocycles. The lowest BCUT2D eigenvalue weighted by Crippen LogP contribution is -2.32. The predicted octanol–water partition coefficient (Wildman–Crippen LogP) is 5.32. The summed E-state index contributed by atoms with van der Waals surface area (Å²) in [6.07, 6.45) is 1.30. The van der Waals surface area contributed by atoms with E-state index in [2.05, 4.69) is 29.3 Å². The predicted molar refractivity (Wildman–Crippen MR) is 110 cm³/mol. The zero-order chi connectivity index (χ0) is 19.9. The number of rotatable bonds is 8. The lowest BCUT2D eigenvalue weighted by atomic mass is 9.97. The third-order valence-electron chi connectivity index (χ3n) is 4.59. The second-order valence-electron chi connectivity index (χ2n) is 6.81. The van der Waals surface area contributed by atoms with Crippen LogP contribution >= 0.6 is 11.6 Å². The standard InChI is InChI=1S/C22H24ClN3O2/c1-3-13-26(21(27)14-16(2)17-9-5-4-6-10-17)15-20-24-25-22(28-20)18-11-7-8-12-19(18)23/h4-12,16H,3,13-15H2,1-2H3. The molecule has 0 radical (unpaired) electrons. The van der Waals surface area contributed by atoms with Gasteiger partial charge in [0.05, 0.1) is 17.1 Å². The van der Waals surface area contributed by atoms with Crippen molar-refractivity contribution in [2.24, 2.45) is 0 Å². The molecule has 1 aromatic heterocycles. The van der Waals surface area contributed by atoms with Crippen molar-refractivity contribution in [3.63, 3.8) is 0 Å². The van der Waals surface area contributed by atoms with Gasteiger partial charge in [0, 0.05) is 13.0 Å². The highest BCUT2D eigenvalue weighted by atomic mass is 35.5. The number of carbonyl (C=O) groups excluding carboxylic acids is 1. The van der Waals surface area contributed by atoms with Crippen LogP contribution in [0.2, 0.25) is 5.02 Å². The van der Waals surface area contributed by atoms with Gasteiger partial charge in [-0.25, -0.2) is 0 Å². The van der Waals surface area contributed by atoms with Gasteiger partial charge in [0.2, 0.25) is 17.7 Å². The highest BCUT2D eigenvalue weighted by molar-refractivity contribution is 6.33. The van der Waals surface area contributed by atoms with Crippen LogP contribution in [0.4, 0.5) is 0 Å². The van der Waals surface area contributed by atoms with Gasteiger partial charge in [-0.1, -0.05) is 67.9 Å². The monoisotopic (exact) mass is 397 g/mol. The molecule has 0 bridgehead atoms. The SMILES string of the molecule is CCCN(Cc1nnc(-c2ccccc2Cl)o1)C(=O)CC(C)c1ccccc1. The molecule has 0 aliphatic heterocycles. The van der Waals surface area contributed by atoms with Crippen molar-refractivity contribution in [1.29, 1.82) is 0 Å². The van der Waals surface area contributed by atoms with E-state index in [4.69, 9.17) is 16.0 Å². The smallest absolute Gasteiger partial charge is 0.249 e. The first kappa shape index (κ1) is 20.1. The molecule has 28 heavy (non-hydrogen) atoms. The Labute approximate surface area is 170 Å². The molecule has 146 valence electrons. The molecule has 1 unspecified atom stereocenters. The minimum Gasteiger partial charge on any atom is -0.419 e. The molecule has 5 nitrogen and oxygen atoms in total. The van der Waals surface area contributed by atoms with E-state index in [1.165, 1.54) is 0 Å². The summed E-state index contributed by atoms with van der Waals surface area (Å²) in [5.74, 6) is 0.997. The summed E-state index contributed by atoms with van der Waals surface area (Å²) in [7, 11) is 0. The number of hydrogen-bond donors (Lipinski definition) is 0. The van der Waals surface area contributed by atoms with Crippen molar-refractivity contribution >= 4 is 17.5 Å². The van der Waals surface area contributed by atoms with Crippen molar-refractivity contribution in [2.45, 2.75) is 39.2 Å². The lowest BCUT2D eigenvalue weighted by Gasteiger charge is -2.22. The number of aromatic nitrogens is 2. The minimum atomic E-state index is 0.0793. The quantitative estimate of drug-likeness (QED) is 0.516. The zero-order valence-corrected chi connectivity index (χ0v) is 16.9. The van der Waals surface area contributed by atoms with Crippen LogP contribution in [0.1, 0.15) is 44.1 Å². The largest absolute Gasteiger partial charge is 0.419 e. The third-order valence-corrected chi connectivity index (χ3v) is 4.92. The fourth-order valence-electron chi connectivity index (χ4n) is 3.08. The first-order valence-electron chi connectivity index (χ1n) is 9.48. The van der Waals surface area contributed by atoms with E-state index in [-0.39, 0.29) is 11.8 Å². The maximum absolute atomic E-state index is 12.9. The van der Waals surface area contributed by atoms with Crippen LogP contribution < -0.4 is 0 Å². The van der Waals surface area contributed by atoms with Crippen LogP contribution in [-0.4, -0.2) is 27.5 Å². The van der Waals surface area contributed by atoms with Crippen molar-refractivity contribution in [2.75, 3.05) is 6.54 Å². The molecule has 0 aliphatic carbocycles. The average Bonchev–Trinajstić information content (AvgIpc) is 3.17. The van der Waals surface area contributed by atoms with Crippen LogP contribution in [0.15, 0.2) is 59.0 Å². The second-order valence-corrected chi connectivity index (χ2v) is 7.22. The molecule has 1 amide bonds. The number of amides is 1. The Bertz CT molecular complexity index is 911. The maximum Gasteiger partial charge on any atom is 0.249 e. The molecule has 0 aliphatic rings. The Hall–Kier alpha value is -2.66. The van der Waals surface area contributed by atoms with E-state index < -0.39 is 0 Å². The normalized spacial score (nSPS) is 12.0. The molecule has 1 heterocycles. The van der Waals surface area contributed by atoms with Gasteiger partial charge in [-0.2, -0.15) is 0 Å². The number of carbonyl (C=O) groups is 1. The zero-order valence-electron chi connectivity index (χ0n) is 16.1. The van der Waals surface area contributed by atoms with Gasteiger partial charge in [-0.05, 0) is 30.0 Å². The molecule has 0 saturated heterocycles. The molecule has 0 spiro atoms. The summed E-state index contributed by atoms with van der Waals surface area (Å²) in [5, 5.41) is 8.75. The molecular weight excluding hydrogens is 374 g/mol. The summed E-state index contributed by atoms with van der Waals surface area (Å²) >= 11 is 6.20. The number of halogens is 1. The van der Waals surface area contributed by atoms with Crippen LogP contribution in [0.5, 0.6) is 0 Å². The molecule has 2 aromatic carbocycles. The first-order valence-corrected chi connectivity index (χ1v) is 9.86. The fourth-order valence-corrected chi connectivity index (χ4v) is 3.29. The molecule has 3 aromatic rings. The van der Waals surface area contributed by atoms with E-state index in [1.54, 1.807) is 11.0 Å². The highest BCUT2D eigenvalue weighted by Gasteiger charge is 2.20. The lowest BCUT2D eigenvalue weighted by molar-refractivity contribution is -0.132. The van der Waals surface area contributed by atoms with E-state index in [0.717, 1.165) is 12.0 Å². The molecule has 1 atom stereocenters. The van der Waals surface area contributed by atoms with Crippen molar-refractivity contribution in [3.8, 4) is 11.5 Å². The fraction of sp³-hybridized carbons (Fsp3) is 0.318. The Morgan fingerprint density at radius 2 is 1.82 bits per heavy atom. The van der Waals surface area contributed by atoms with Crippen LogP contribution in [0, 0.1) is 0 Å². The van der Waals surface area contributed by atoms with Gasteiger partial charge >= 0.3 is 0 Å². The van der Waals surface area contributed by atoms with E-state index in [0.29, 0.717) is 41.9 Å². The van der Waals surface area contributed by atoms with E-state index in [1.807, 2.05) is 43.3 Å². The van der Waals surface area contributed by atoms with Gasteiger partial charge in [0.25, 0.3) is 0 Å². The average molecular weight is 398 g/mol. The summed E-state index contributed by atoms with van der Waals surface area (Å²) < 4.78 is 5.77. The molecule has 0 N–H and O–H groups in total. The van der Waals surface area contributed by atoms with Crippen LogP contribution in [0.3, 0.4) is 0 Å². The van der Waals surface area contributed by atoms with Gasteiger partial charge in [-0.3, -0.25) is 4.79 Å². The Kier molecular flexibility index (Phi) is 6.82. The maximum atomic E-state index is 12.9. The molecule has 6 heteroatoms. The topological polar surface area (TPSA) is 59.2 Å². The Morgan fingerprint density at radius 3 is 2.54 bits per heavy atom. The van der Waals surface area contributed by atoms with Gasteiger partial charge in [0.1, 0.15) is 0 Å². The summed E-state index contributed by atoms with van der Waals surface area (Å²) in [6, 6.07) is 17.4. The van der Waals surface area contributed by atoms with Crippen LogP contribution in [0.25, 0.3) is 11.5 Å². The Balaban J connectivity index is 1.69. The second kappa shape index (κ2) is 9.51. The summed E-state index contributed by atoms with van der Waals surface area (Å²) in [6.45, 7) is 5.05. The molecular formula is C22H24ClN3O2. The van der Waals surface area contributed by atoms with Gasteiger partial charge in [-0.15, -0.1) is 10.2 Å². The number of nitrogens with zero attached hydrogens (tertiary/aromatic N) is 3. The Morgan fingerprint density at radius 1 is 1.11 bits per heavy atom. The van der Waals surface area contributed by atoms with Crippen molar-refractivity contribution in [1.82, 2.24) is 15.1 Å². The van der Waals surface area contributed by atoms with Crippen molar-refractivity contribution < 1.29 is 9.21 Å². The van der Waals surface area contributed by atoms with Crippen LogP contribution in [-0.2, 0) is 11.3 Å². The minimum absolute atomic E-state index is 0.0793. The highest BCUT2D eigenvalue weighted by Crippen LogP contribution is 2.27. The molecule has 0 fully saturated rings. The summed E-state index contributed by atoms with van der Waals surface area (Å²) in [5.41, 5.74) is 1.85. The summed E-state index contributed by atoms with van der Waals surface area (Å²) in [4.78, 5) is 14.6. The number of hydrogen-bond acceptors (Lipinski definition) is 4. The van der Waals surface area contributed by atoms with Gasteiger partial charge < -0.3 is 9.32 Å². The third kappa shape index (κ3) is 4.98. The number of benzene rings is 2. The van der Waals surface area contributed by atoms with Gasteiger partial charge in [0.15, 0.2) is 0 Å². The van der Waals surface area contributed by atoms with Crippen molar-refractivity contribution in [3.05, 3.63) is 71.1 Å². The van der Waals surface area contributed by atoms with E-state index in [9.17, 15) is 4.79 Å². The molecule has 3 rings (SSSR count). The van der Waals surface area contributed by atoms with E-state index >= 15 is 0 Å². The first-order chi connectivity index (χ1) is 13.6.